The molecule has 0 aliphatic carbocycles. The van der Waals surface area contributed by atoms with Gasteiger partial charge in [-0.1, -0.05) is 23.7 Å². The molecule has 1 heterocycles. The van der Waals surface area contributed by atoms with E-state index < -0.39 is 20.0 Å². The molecular weight excluding hydrogens is 372 g/mol. The zero-order valence-corrected chi connectivity index (χ0v) is 15.1. The molecule has 0 radical (unpaired) electrons. The molecule has 24 heavy (non-hydrogen) atoms. The van der Waals surface area contributed by atoms with E-state index in [0.29, 0.717) is 29.4 Å². The number of halogens is 1. The van der Waals surface area contributed by atoms with E-state index in [0.717, 1.165) is 11.8 Å². The maximum Gasteiger partial charge on any atom is 0.261 e. The molecule has 0 spiro atoms. The van der Waals surface area contributed by atoms with Gasteiger partial charge in [0.1, 0.15) is 0 Å². The fraction of sp³-hybridized carbons (Fsp3) is 0.200. The van der Waals surface area contributed by atoms with Gasteiger partial charge in [-0.25, -0.2) is 16.8 Å². The van der Waals surface area contributed by atoms with E-state index in [1.807, 2.05) is 0 Å². The van der Waals surface area contributed by atoms with E-state index in [-0.39, 0.29) is 4.90 Å². The highest BCUT2D eigenvalue weighted by molar-refractivity contribution is 7.92. The van der Waals surface area contributed by atoms with Crippen LogP contribution in [0.3, 0.4) is 0 Å². The average Bonchev–Trinajstić information content (AvgIpc) is 2.90. The van der Waals surface area contributed by atoms with Gasteiger partial charge in [0.2, 0.25) is 10.0 Å². The van der Waals surface area contributed by atoms with Gasteiger partial charge >= 0.3 is 0 Å². The lowest BCUT2D eigenvalue weighted by molar-refractivity contribution is 0.597. The predicted molar refractivity (Wildman–Crippen MR) is 94.6 cm³/mol. The first-order valence-electron chi connectivity index (χ1n) is 7.06. The quantitative estimate of drug-likeness (QED) is 0.874. The van der Waals surface area contributed by atoms with Crippen molar-refractivity contribution in [1.29, 1.82) is 0 Å². The lowest BCUT2D eigenvalue weighted by Crippen LogP contribution is -2.27. The molecule has 0 aromatic heterocycles. The molecule has 1 N–H and O–H groups in total. The van der Waals surface area contributed by atoms with Gasteiger partial charge in [-0.3, -0.25) is 9.03 Å². The Bertz CT molecular complexity index is 1000. The normalized spacial score (nSPS) is 14.5. The molecule has 0 amide bonds. The van der Waals surface area contributed by atoms with Crippen LogP contribution in [-0.4, -0.2) is 29.6 Å². The summed E-state index contributed by atoms with van der Waals surface area (Å²) in [6.45, 7) is 0.360. The van der Waals surface area contributed by atoms with Crippen molar-refractivity contribution >= 4 is 43.0 Å². The van der Waals surface area contributed by atoms with Crippen LogP contribution >= 0.6 is 11.6 Å². The van der Waals surface area contributed by atoms with Crippen molar-refractivity contribution in [3.05, 3.63) is 53.1 Å². The number of benzene rings is 2. The zero-order valence-electron chi connectivity index (χ0n) is 12.7. The topological polar surface area (TPSA) is 83.6 Å². The zero-order chi connectivity index (χ0) is 17.5. The number of anilines is 2. The lowest BCUT2D eigenvalue weighted by Gasteiger charge is -2.17. The smallest absolute Gasteiger partial charge is 0.261 e. The Morgan fingerprint density at radius 3 is 2.50 bits per heavy atom. The first kappa shape index (κ1) is 17.1. The summed E-state index contributed by atoms with van der Waals surface area (Å²) in [5.41, 5.74) is 1.67. The fourth-order valence-corrected chi connectivity index (χ4v) is 4.91. The van der Waals surface area contributed by atoms with E-state index in [4.69, 9.17) is 11.6 Å². The van der Waals surface area contributed by atoms with Crippen molar-refractivity contribution in [3.63, 3.8) is 0 Å². The molecular formula is C15H15ClN2O4S2. The largest absolute Gasteiger partial charge is 0.280 e. The Balaban J connectivity index is 1.95. The molecule has 0 atom stereocenters. The third-order valence-corrected chi connectivity index (χ3v) is 6.49. The van der Waals surface area contributed by atoms with E-state index in [1.54, 1.807) is 24.3 Å². The molecule has 6 nitrogen and oxygen atoms in total. The number of nitrogens with one attached hydrogen (secondary N) is 1. The highest BCUT2D eigenvalue weighted by Gasteiger charge is 2.27. The molecule has 2 aromatic carbocycles. The van der Waals surface area contributed by atoms with Crippen LogP contribution in [-0.2, 0) is 26.5 Å². The van der Waals surface area contributed by atoms with Gasteiger partial charge < -0.3 is 0 Å². The monoisotopic (exact) mass is 386 g/mol. The van der Waals surface area contributed by atoms with Gasteiger partial charge in [0.15, 0.2) is 0 Å². The van der Waals surface area contributed by atoms with Gasteiger partial charge in [-0.05, 0) is 42.3 Å². The van der Waals surface area contributed by atoms with Crippen LogP contribution in [0, 0.1) is 0 Å². The molecule has 0 bridgehead atoms. The maximum absolute atomic E-state index is 12.4. The predicted octanol–water partition coefficient (Wildman–Crippen LogP) is 2.46. The molecule has 0 fully saturated rings. The van der Waals surface area contributed by atoms with Gasteiger partial charge in [0, 0.05) is 11.6 Å². The molecule has 0 saturated carbocycles. The van der Waals surface area contributed by atoms with Gasteiger partial charge in [0.25, 0.3) is 10.0 Å². The summed E-state index contributed by atoms with van der Waals surface area (Å²) in [4.78, 5) is 0.0375. The molecule has 2 aromatic rings. The van der Waals surface area contributed by atoms with E-state index >= 15 is 0 Å². The van der Waals surface area contributed by atoms with Crippen LogP contribution < -0.4 is 9.03 Å². The van der Waals surface area contributed by atoms with Crippen LogP contribution in [0.15, 0.2) is 47.4 Å². The summed E-state index contributed by atoms with van der Waals surface area (Å²) < 4.78 is 52.2. The highest BCUT2D eigenvalue weighted by atomic mass is 35.5. The summed E-state index contributed by atoms with van der Waals surface area (Å²) >= 11 is 5.83. The van der Waals surface area contributed by atoms with Crippen LogP contribution in [0.1, 0.15) is 5.56 Å². The summed E-state index contributed by atoms with van der Waals surface area (Å²) in [6.07, 6.45) is 1.73. The Hall–Kier alpha value is -1.77. The average molecular weight is 387 g/mol. The van der Waals surface area contributed by atoms with E-state index in [2.05, 4.69) is 4.72 Å². The van der Waals surface area contributed by atoms with E-state index in [9.17, 15) is 16.8 Å². The minimum atomic E-state index is -3.81. The van der Waals surface area contributed by atoms with Crippen molar-refractivity contribution in [3.8, 4) is 0 Å². The number of sulfonamides is 2. The number of hydrogen-bond donors (Lipinski definition) is 1. The summed E-state index contributed by atoms with van der Waals surface area (Å²) in [7, 11) is -7.20. The number of fused-ring (bicyclic) bond motifs is 1. The van der Waals surface area contributed by atoms with E-state index in [1.165, 1.54) is 22.5 Å². The van der Waals surface area contributed by atoms with Crippen molar-refractivity contribution in [2.45, 2.75) is 11.3 Å². The number of nitrogens with zero attached hydrogens (tertiary/aromatic N) is 1. The van der Waals surface area contributed by atoms with Gasteiger partial charge in [-0.2, -0.15) is 0 Å². The molecule has 128 valence electrons. The standard InChI is InChI=1S/C15H15ClN2O4S2/c1-23(19,20)18-8-7-11-5-6-13(10-15(11)18)17-24(21,22)14-4-2-3-12(16)9-14/h2-6,9-10,17H,7-8H2,1H3. The summed E-state index contributed by atoms with van der Waals surface area (Å²) in [6, 6.07) is 10.8. The first-order valence-corrected chi connectivity index (χ1v) is 10.8. The molecule has 0 saturated heterocycles. The molecule has 3 rings (SSSR count). The number of rotatable bonds is 4. The second-order valence-corrected chi connectivity index (χ2v) is 9.52. The Morgan fingerprint density at radius 1 is 1.08 bits per heavy atom. The molecule has 1 aliphatic rings. The highest BCUT2D eigenvalue weighted by Crippen LogP contribution is 2.33. The summed E-state index contributed by atoms with van der Waals surface area (Å²) in [5, 5.41) is 0.315. The Morgan fingerprint density at radius 2 is 1.83 bits per heavy atom. The number of hydrogen-bond acceptors (Lipinski definition) is 4. The summed E-state index contributed by atoms with van der Waals surface area (Å²) in [5.74, 6) is 0. The van der Waals surface area contributed by atoms with Crippen LogP contribution in [0.25, 0.3) is 0 Å². The second-order valence-electron chi connectivity index (χ2n) is 5.49. The van der Waals surface area contributed by atoms with Crippen LogP contribution in [0.2, 0.25) is 5.02 Å². The lowest BCUT2D eigenvalue weighted by atomic mass is 10.1. The Kier molecular flexibility index (Phi) is 4.23. The van der Waals surface area contributed by atoms with Crippen LogP contribution in [0.4, 0.5) is 11.4 Å². The maximum atomic E-state index is 12.4. The van der Waals surface area contributed by atoms with Crippen LogP contribution in [0.5, 0.6) is 0 Å². The third kappa shape index (κ3) is 3.35. The van der Waals surface area contributed by atoms with Crippen molar-refractivity contribution in [1.82, 2.24) is 0 Å². The van der Waals surface area contributed by atoms with Crippen molar-refractivity contribution in [2.24, 2.45) is 0 Å². The van der Waals surface area contributed by atoms with Crippen molar-refractivity contribution in [2.75, 3.05) is 21.8 Å². The molecule has 1 aliphatic heterocycles. The second kappa shape index (κ2) is 5.94. The Labute approximate surface area is 146 Å². The van der Waals surface area contributed by atoms with Crippen molar-refractivity contribution < 1.29 is 16.8 Å². The minimum absolute atomic E-state index is 0.0375. The SMILES string of the molecule is CS(=O)(=O)N1CCc2ccc(NS(=O)(=O)c3cccc(Cl)c3)cc21. The molecule has 0 unspecified atom stereocenters. The minimum Gasteiger partial charge on any atom is -0.280 e. The van der Waals surface area contributed by atoms with Gasteiger partial charge in [-0.15, -0.1) is 0 Å². The first-order chi connectivity index (χ1) is 11.2. The fourth-order valence-electron chi connectivity index (χ4n) is 2.61. The molecule has 9 heteroatoms. The van der Waals surface area contributed by atoms with Gasteiger partial charge in [0.05, 0.1) is 22.5 Å². The third-order valence-electron chi connectivity index (χ3n) is 3.70.